The third-order valence-electron chi connectivity index (χ3n) is 2.96. The zero-order valence-electron chi connectivity index (χ0n) is 11.6. The first-order chi connectivity index (χ1) is 9.04. The van der Waals surface area contributed by atoms with Crippen LogP contribution in [0.15, 0.2) is 34.9 Å². The molecule has 102 valence electrons. The zero-order valence-corrected chi connectivity index (χ0v) is 12.4. The molecule has 0 N–H and O–H groups in total. The summed E-state index contributed by atoms with van der Waals surface area (Å²) in [5.74, 6) is 2.29. The monoisotopic (exact) mass is 277 g/mol. The van der Waals surface area contributed by atoms with Crippen LogP contribution in [0.4, 0.5) is 0 Å². The van der Waals surface area contributed by atoms with Gasteiger partial charge in [-0.15, -0.1) is 0 Å². The number of hydrogen-bond donors (Lipinski definition) is 0. The van der Waals surface area contributed by atoms with E-state index < -0.39 is 10.8 Å². The summed E-state index contributed by atoms with van der Waals surface area (Å²) < 4.78 is 17.0. The van der Waals surface area contributed by atoms with Crippen LogP contribution in [-0.2, 0) is 22.3 Å². The number of rotatable bonds is 5. The molecule has 0 radical (unpaired) electrons. The lowest BCUT2D eigenvalue weighted by molar-refractivity contribution is 0.392. The summed E-state index contributed by atoms with van der Waals surface area (Å²) in [6.45, 7) is 6.17. The Morgan fingerprint density at radius 1 is 1.21 bits per heavy atom. The van der Waals surface area contributed by atoms with Crippen molar-refractivity contribution in [2.24, 2.45) is 0 Å². The SMILES string of the molecule is Cc1cc(C[S@@](=O)Cc2ccc(C(C)C)cc2)no1. The van der Waals surface area contributed by atoms with Gasteiger partial charge in [0.15, 0.2) is 0 Å². The number of nitrogens with zero attached hydrogens (tertiary/aromatic N) is 1. The molecule has 0 bridgehead atoms. The van der Waals surface area contributed by atoms with Gasteiger partial charge in [0.25, 0.3) is 0 Å². The molecule has 2 aromatic rings. The molecule has 0 aliphatic heterocycles. The largest absolute Gasteiger partial charge is 0.361 e. The Morgan fingerprint density at radius 2 is 1.89 bits per heavy atom. The number of aryl methyl sites for hydroxylation is 1. The molecule has 19 heavy (non-hydrogen) atoms. The fourth-order valence-corrected chi connectivity index (χ4v) is 3.02. The second kappa shape index (κ2) is 6.15. The summed E-state index contributed by atoms with van der Waals surface area (Å²) in [6.07, 6.45) is 0. The minimum Gasteiger partial charge on any atom is -0.361 e. The van der Waals surface area contributed by atoms with Crippen molar-refractivity contribution in [3.8, 4) is 0 Å². The molecule has 0 fully saturated rings. The molecule has 0 aliphatic rings. The van der Waals surface area contributed by atoms with Gasteiger partial charge in [0.05, 0.1) is 11.4 Å². The first-order valence-corrected chi connectivity index (χ1v) is 7.89. The molecule has 0 saturated heterocycles. The van der Waals surface area contributed by atoms with Crippen LogP contribution in [0.2, 0.25) is 0 Å². The van der Waals surface area contributed by atoms with Crippen LogP contribution in [0, 0.1) is 6.92 Å². The maximum atomic E-state index is 12.0. The summed E-state index contributed by atoms with van der Waals surface area (Å²) >= 11 is 0. The average Bonchev–Trinajstić information content (AvgIpc) is 2.75. The molecule has 0 saturated carbocycles. The van der Waals surface area contributed by atoms with E-state index >= 15 is 0 Å². The van der Waals surface area contributed by atoms with Gasteiger partial charge in [0.2, 0.25) is 0 Å². The molecule has 0 unspecified atom stereocenters. The van der Waals surface area contributed by atoms with Crippen LogP contribution in [0.1, 0.15) is 42.3 Å². The summed E-state index contributed by atoms with van der Waals surface area (Å²) in [5, 5.41) is 3.87. The predicted octanol–water partition coefficient (Wildman–Crippen LogP) is 3.56. The van der Waals surface area contributed by atoms with E-state index in [4.69, 9.17) is 4.52 Å². The third kappa shape index (κ3) is 4.03. The molecule has 4 heteroatoms. The van der Waals surface area contributed by atoms with Gasteiger partial charge in [-0.05, 0) is 24.0 Å². The van der Waals surface area contributed by atoms with Crippen LogP contribution in [-0.4, -0.2) is 9.37 Å². The van der Waals surface area contributed by atoms with Crippen LogP contribution in [0.25, 0.3) is 0 Å². The van der Waals surface area contributed by atoms with Crippen LogP contribution < -0.4 is 0 Å². The van der Waals surface area contributed by atoms with Crippen molar-refractivity contribution >= 4 is 10.8 Å². The maximum absolute atomic E-state index is 12.0. The Bertz CT molecular complexity index is 558. The number of hydrogen-bond acceptors (Lipinski definition) is 3. The van der Waals surface area contributed by atoms with Gasteiger partial charge in [-0.2, -0.15) is 0 Å². The lowest BCUT2D eigenvalue weighted by atomic mass is 10.0. The maximum Gasteiger partial charge on any atom is 0.133 e. The Morgan fingerprint density at radius 3 is 2.42 bits per heavy atom. The van der Waals surface area contributed by atoms with E-state index in [1.54, 1.807) is 0 Å². The molecule has 0 aliphatic carbocycles. The smallest absolute Gasteiger partial charge is 0.133 e. The summed E-state index contributed by atoms with van der Waals surface area (Å²) in [6, 6.07) is 10.2. The topological polar surface area (TPSA) is 43.1 Å². The van der Waals surface area contributed by atoms with Crippen molar-refractivity contribution < 1.29 is 8.73 Å². The minimum atomic E-state index is -0.948. The van der Waals surface area contributed by atoms with Crippen molar-refractivity contribution in [1.29, 1.82) is 0 Å². The zero-order chi connectivity index (χ0) is 13.8. The number of benzene rings is 1. The summed E-state index contributed by atoms with van der Waals surface area (Å²) in [7, 11) is -0.948. The Balaban J connectivity index is 1.95. The number of aromatic nitrogens is 1. The standard InChI is InChI=1S/C15H19NO2S/c1-11(2)14-6-4-13(5-7-14)9-19(17)10-15-8-12(3)18-16-15/h4-8,11H,9-10H2,1-3H3/t19-/m0/s1. The second-order valence-corrected chi connectivity index (χ2v) is 6.51. The second-order valence-electron chi connectivity index (χ2n) is 5.05. The molecular weight excluding hydrogens is 258 g/mol. The van der Waals surface area contributed by atoms with Crippen LogP contribution in [0.3, 0.4) is 0 Å². The Kier molecular flexibility index (Phi) is 4.53. The van der Waals surface area contributed by atoms with Gasteiger partial charge < -0.3 is 4.52 Å². The highest BCUT2D eigenvalue weighted by atomic mass is 32.2. The highest BCUT2D eigenvalue weighted by molar-refractivity contribution is 7.83. The molecule has 1 atom stereocenters. The fourth-order valence-electron chi connectivity index (χ4n) is 1.89. The van der Waals surface area contributed by atoms with Gasteiger partial charge in [-0.25, -0.2) is 0 Å². The average molecular weight is 277 g/mol. The van der Waals surface area contributed by atoms with Crippen LogP contribution >= 0.6 is 0 Å². The van der Waals surface area contributed by atoms with Gasteiger partial charge >= 0.3 is 0 Å². The molecule has 1 aromatic heterocycles. The molecule has 1 aromatic carbocycles. The Labute approximate surface area is 116 Å². The molecule has 3 nitrogen and oxygen atoms in total. The normalized spacial score (nSPS) is 12.8. The molecule has 2 rings (SSSR count). The van der Waals surface area contributed by atoms with Gasteiger partial charge in [-0.1, -0.05) is 43.3 Å². The van der Waals surface area contributed by atoms with Crippen LogP contribution in [0.5, 0.6) is 0 Å². The highest BCUT2D eigenvalue weighted by Crippen LogP contribution is 2.16. The molecular formula is C15H19NO2S. The predicted molar refractivity (Wildman–Crippen MR) is 77.3 cm³/mol. The van der Waals surface area contributed by atoms with Crippen molar-refractivity contribution in [2.75, 3.05) is 0 Å². The van der Waals surface area contributed by atoms with Crippen molar-refractivity contribution in [3.63, 3.8) is 0 Å². The van der Waals surface area contributed by atoms with Crippen molar-refractivity contribution in [3.05, 3.63) is 52.9 Å². The first-order valence-electron chi connectivity index (χ1n) is 6.40. The van der Waals surface area contributed by atoms with E-state index in [9.17, 15) is 4.21 Å². The van der Waals surface area contributed by atoms with E-state index in [1.165, 1.54) is 5.56 Å². The van der Waals surface area contributed by atoms with E-state index in [0.717, 1.165) is 17.0 Å². The minimum absolute atomic E-state index is 0.448. The molecule has 1 heterocycles. The quantitative estimate of drug-likeness (QED) is 0.839. The summed E-state index contributed by atoms with van der Waals surface area (Å²) in [5.41, 5.74) is 3.17. The Hall–Kier alpha value is -1.42. The fraction of sp³-hybridized carbons (Fsp3) is 0.400. The van der Waals surface area contributed by atoms with Gasteiger partial charge in [0, 0.05) is 22.6 Å². The van der Waals surface area contributed by atoms with E-state index in [0.29, 0.717) is 17.4 Å². The lowest BCUT2D eigenvalue weighted by Crippen LogP contribution is -2.00. The van der Waals surface area contributed by atoms with Crippen molar-refractivity contribution in [2.45, 2.75) is 38.2 Å². The molecule has 0 amide bonds. The highest BCUT2D eigenvalue weighted by Gasteiger charge is 2.07. The van der Waals surface area contributed by atoms with E-state index in [-0.39, 0.29) is 0 Å². The van der Waals surface area contributed by atoms with Crippen molar-refractivity contribution in [1.82, 2.24) is 5.16 Å². The van der Waals surface area contributed by atoms with E-state index in [2.05, 4.69) is 43.3 Å². The molecule has 0 spiro atoms. The first kappa shape index (κ1) is 14.0. The van der Waals surface area contributed by atoms with E-state index in [1.807, 2.05) is 13.0 Å². The third-order valence-corrected chi connectivity index (χ3v) is 4.23. The summed E-state index contributed by atoms with van der Waals surface area (Å²) in [4.78, 5) is 0. The lowest BCUT2D eigenvalue weighted by Gasteiger charge is -2.06. The van der Waals surface area contributed by atoms with Gasteiger partial charge in [-0.3, -0.25) is 4.21 Å². The van der Waals surface area contributed by atoms with Gasteiger partial charge in [0.1, 0.15) is 5.76 Å².